The summed E-state index contributed by atoms with van der Waals surface area (Å²) in [6.07, 6.45) is 9.91. The average Bonchev–Trinajstić information content (AvgIpc) is 3.24. The van der Waals surface area contributed by atoms with Gasteiger partial charge in [-0.1, -0.05) is 76.2 Å². The van der Waals surface area contributed by atoms with Crippen molar-refractivity contribution in [2.24, 2.45) is 0 Å². The highest BCUT2D eigenvalue weighted by molar-refractivity contribution is 6.03. The van der Waals surface area contributed by atoms with Crippen molar-refractivity contribution >= 4 is 23.1 Å². The lowest BCUT2D eigenvalue weighted by Gasteiger charge is -2.27. The van der Waals surface area contributed by atoms with E-state index < -0.39 is 0 Å². The van der Waals surface area contributed by atoms with Crippen molar-refractivity contribution in [3.05, 3.63) is 95.7 Å². The number of hydrogen-bond acceptors (Lipinski definition) is 3. The van der Waals surface area contributed by atoms with Crippen molar-refractivity contribution < 1.29 is 14.1 Å². The Morgan fingerprint density at radius 2 is 1.68 bits per heavy atom. The van der Waals surface area contributed by atoms with Crippen molar-refractivity contribution in [3.63, 3.8) is 0 Å². The maximum absolute atomic E-state index is 11.8. The molecule has 38 heavy (non-hydrogen) atoms. The molecule has 2 aliphatic heterocycles. The smallest absolute Gasteiger partial charge is 0.333 e. The summed E-state index contributed by atoms with van der Waals surface area (Å²) in [4.78, 5) is 14.3. The number of unbranched alkanes of at least 4 members (excludes halogenated alkanes) is 1. The van der Waals surface area contributed by atoms with Crippen LogP contribution in [0, 0.1) is 0 Å². The van der Waals surface area contributed by atoms with Gasteiger partial charge in [0, 0.05) is 53.0 Å². The molecule has 0 aliphatic carbocycles. The molecule has 0 spiro atoms. The fourth-order valence-corrected chi connectivity index (χ4v) is 5.82. The van der Waals surface area contributed by atoms with Crippen molar-refractivity contribution in [3.8, 4) is 0 Å². The lowest BCUT2D eigenvalue weighted by Crippen LogP contribution is -2.28. The van der Waals surface area contributed by atoms with Gasteiger partial charge >= 0.3 is 5.97 Å². The summed E-state index contributed by atoms with van der Waals surface area (Å²) in [7, 11) is 0. The monoisotopic (exact) mass is 511 g/mol. The first-order valence-electron chi connectivity index (χ1n) is 13.9. The quantitative estimate of drug-likeness (QED) is 0.142. The molecular formula is C34H43N2O2+. The molecule has 0 atom stereocenters. The van der Waals surface area contributed by atoms with Gasteiger partial charge < -0.3 is 9.64 Å². The van der Waals surface area contributed by atoms with Crippen LogP contribution < -0.4 is 4.90 Å². The summed E-state index contributed by atoms with van der Waals surface area (Å²) in [5, 5.41) is 0. The van der Waals surface area contributed by atoms with Crippen molar-refractivity contribution in [1.82, 2.24) is 0 Å². The third-order valence-corrected chi connectivity index (χ3v) is 7.95. The van der Waals surface area contributed by atoms with Gasteiger partial charge in [0.05, 0.1) is 12.0 Å². The van der Waals surface area contributed by atoms with E-state index in [9.17, 15) is 4.79 Å². The van der Waals surface area contributed by atoms with E-state index in [1.54, 1.807) is 6.92 Å². The van der Waals surface area contributed by atoms with Gasteiger partial charge in [-0.05, 0) is 44.9 Å². The molecule has 0 unspecified atom stereocenters. The highest BCUT2D eigenvalue weighted by Gasteiger charge is 2.44. The summed E-state index contributed by atoms with van der Waals surface area (Å²) in [6, 6.07) is 17.5. The Hall–Kier alpha value is -3.40. The van der Waals surface area contributed by atoms with Crippen molar-refractivity contribution in [1.29, 1.82) is 0 Å². The molecule has 200 valence electrons. The number of carbonyl (C=O) groups excluding carboxylic acids is 1. The van der Waals surface area contributed by atoms with E-state index in [2.05, 4.69) is 117 Å². The zero-order valence-corrected chi connectivity index (χ0v) is 24.0. The maximum atomic E-state index is 11.8. The van der Waals surface area contributed by atoms with Crippen LogP contribution in [0.15, 0.2) is 84.6 Å². The second-order valence-electron chi connectivity index (χ2n) is 11.5. The Balaban J connectivity index is 1.66. The largest absolute Gasteiger partial charge is 0.462 e. The summed E-state index contributed by atoms with van der Waals surface area (Å²) in [5.41, 5.74) is 8.13. The first kappa shape index (κ1) is 27.6. The van der Waals surface area contributed by atoms with Gasteiger partial charge in [0.1, 0.15) is 0 Å². The van der Waals surface area contributed by atoms with E-state index in [1.807, 2.05) is 0 Å². The van der Waals surface area contributed by atoms with Crippen LogP contribution in [0.25, 0.3) is 0 Å². The number of rotatable bonds is 10. The number of allylic oxidation sites excluding steroid dienone is 4. The maximum Gasteiger partial charge on any atom is 0.333 e. The van der Waals surface area contributed by atoms with Gasteiger partial charge in [-0.15, -0.1) is 0 Å². The lowest BCUT2D eigenvalue weighted by atomic mass is 9.81. The Labute approximate surface area is 229 Å². The molecule has 2 heterocycles. The number of hydrogen-bond donors (Lipinski definition) is 0. The number of para-hydroxylation sites is 2. The molecule has 0 aromatic heterocycles. The molecule has 4 rings (SSSR count). The highest BCUT2D eigenvalue weighted by Crippen LogP contribution is 2.47. The van der Waals surface area contributed by atoms with E-state index >= 15 is 0 Å². The zero-order valence-electron chi connectivity index (χ0n) is 24.0. The van der Waals surface area contributed by atoms with Gasteiger partial charge in [-0.3, -0.25) is 0 Å². The molecule has 0 amide bonds. The Bertz CT molecular complexity index is 1310. The SMILES string of the molecule is C=C(C)C(=O)OCCC[N+]1=C(C=CC=C2N(CCCC)c3ccccc3C2(C)C)C(C)(C)c2ccccc21. The number of nitrogens with zero attached hydrogens (tertiary/aromatic N) is 2. The van der Waals surface area contributed by atoms with E-state index in [1.165, 1.54) is 40.3 Å². The fraction of sp³-hybridized carbons (Fsp3) is 0.412. The Kier molecular flexibility index (Phi) is 8.10. The predicted molar refractivity (Wildman–Crippen MR) is 159 cm³/mol. The van der Waals surface area contributed by atoms with Crippen LogP contribution >= 0.6 is 0 Å². The van der Waals surface area contributed by atoms with Gasteiger partial charge in [0.2, 0.25) is 5.69 Å². The molecule has 4 heteroatoms. The Morgan fingerprint density at radius 1 is 1.00 bits per heavy atom. The highest BCUT2D eigenvalue weighted by atomic mass is 16.5. The van der Waals surface area contributed by atoms with Crippen molar-refractivity contribution in [2.45, 2.75) is 71.6 Å². The van der Waals surface area contributed by atoms with E-state index in [0.717, 1.165) is 25.9 Å². The topological polar surface area (TPSA) is 32.6 Å². The molecule has 0 fully saturated rings. The van der Waals surface area contributed by atoms with Gasteiger partial charge in [0.15, 0.2) is 12.3 Å². The standard InChI is InChI=1S/C34H43N2O2/c1-8-9-22-35-28-18-12-10-16-26(28)33(4,5)30(35)20-14-21-31-34(6,7)27-17-11-13-19-29(27)36(31)23-15-24-38-32(37)25(2)3/h10-14,16-21H,2,8-9,15,22-24H2,1,3-7H3/q+1. The molecular weight excluding hydrogens is 468 g/mol. The summed E-state index contributed by atoms with van der Waals surface area (Å²) in [6.45, 7) is 19.0. The number of anilines is 1. The van der Waals surface area contributed by atoms with E-state index in [0.29, 0.717) is 12.2 Å². The molecule has 0 saturated carbocycles. The van der Waals surface area contributed by atoms with Gasteiger partial charge in [0.25, 0.3) is 0 Å². The molecule has 2 aliphatic rings. The number of esters is 1. The summed E-state index contributed by atoms with van der Waals surface area (Å²) in [5.74, 6) is -0.323. The number of fused-ring (bicyclic) bond motifs is 2. The third kappa shape index (κ3) is 5.14. The van der Waals surface area contributed by atoms with Crippen LogP contribution in [-0.4, -0.2) is 36.0 Å². The van der Waals surface area contributed by atoms with Crippen LogP contribution in [0.5, 0.6) is 0 Å². The van der Waals surface area contributed by atoms with Gasteiger partial charge in [-0.25, -0.2) is 4.79 Å². The molecule has 0 radical (unpaired) electrons. The first-order chi connectivity index (χ1) is 18.1. The van der Waals surface area contributed by atoms with E-state index in [4.69, 9.17) is 4.74 Å². The molecule has 0 N–H and O–H groups in total. The normalized spacial score (nSPS) is 18.3. The van der Waals surface area contributed by atoms with Crippen LogP contribution in [0.1, 0.15) is 71.9 Å². The second-order valence-corrected chi connectivity index (χ2v) is 11.5. The fourth-order valence-electron chi connectivity index (χ4n) is 5.82. The average molecular weight is 512 g/mol. The number of benzene rings is 2. The molecule has 4 nitrogen and oxygen atoms in total. The van der Waals surface area contributed by atoms with Crippen LogP contribution in [0.4, 0.5) is 11.4 Å². The first-order valence-corrected chi connectivity index (χ1v) is 13.9. The zero-order chi connectivity index (χ0) is 27.5. The minimum absolute atomic E-state index is 0.0552. The lowest BCUT2D eigenvalue weighted by molar-refractivity contribution is -0.438. The van der Waals surface area contributed by atoms with E-state index in [-0.39, 0.29) is 16.8 Å². The minimum Gasteiger partial charge on any atom is -0.462 e. The van der Waals surface area contributed by atoms with Crippen molar-refractivity contribution in [2.75, 3.05) is 24.6 Å². The number of carbonyl (C=O) groups is 1. The van der Waals surface area contributed by atoms with Gasteiger partial charge in [-0.2, -0.15) is 4.58 Å². The minimum atomic E-state index is -0.323. The molecule has 2 aromatic carbocycles. The molecule has 0 saturated heterocycles. The van der Waals surface area contributed by atoms with Crippen LogP contribution in [0.3, 0.4) is 0 Å². The summed E-state index contributed by atoms with van der Waals surface area (Å²) < 4.78 is 7.77. The predicted octanol–water partition coefficient (Wildman–Crippen LogP) is 7.61. The second kappa shape index (κ2) is 11.1. The third-order valence-electron chi connectivity index (χ3n) is 7.95. The molecule has 2 aromatic rings. The summed E-state index contributed by atoms with van der Waals surface area (Å²) >= 11 is 0. The number of ether oxygens (including phenoxy) is 1. The van der Waals surface area contributed by atoms with Crippen LogP contribution in [-0.2, 0) is 20.4 Å². The molecule has 0 bridgehead atoms. The van der Waals surface area contributed by atoms with Crippen LogP contribution in [0.2, 0.25) is 0 Å². The Morgan fingerprint density at radius 3 is 2.39 bits per heavy atom.